The van der Waals surface area contributed by atoms with Gasteiger partial charge in [0.25, 0.3) is 11.8 Å². The van der Waals surface area contributed by atoms with Crippen LogP contribution in [0.4, 0.5) is 4.39 Å². The fraction of sp³-hybridized carbons (Fsp3) is 0.294. The average Bonchev–Trinajstić information content (AvgIpc) is 3.04. The Labute approximate surface area is 138 Å². The van der Waals surface area contributed by atoms with Gasteiger partial charge in [0.1, 0.15) is 0 Å². The van der Waals surface area contributed by atoms with Gasteiger partial charge in [-0.1, -0.05) is 30.3 Å². The smallest absolute Gasteiger partial charge is 0.291 e. The fourth-order valence-corrected chi connectivity index (χ4v) is 2.62. The molecule has 1 aliphatic heterocycles. The first-order chi connectivity index (χ1) is 11.6. The van der Waals surface area contributed by atoms with Crippen LogP contribution in [0.2, 0.25) is 0 Å². The molecule has 1 unspecified atom stereocenters. The van der Waals surface area contributed by atoms with E-state index in [2.05, 4.69) is 15.3 Å². The molecule has 2 aromatic rings. The van der Waals surface area contributed by atoms with Gasteiger partial charge < -0.3 is 10.2 Å². The van der Waals surface area contributed by atoms with Gasteiger partial charge in [0.05, 0.1) is 6.54 Å². The molecule has 1 saturated heterocycles. The number of carbonyl (C=O) groups is 2. The molecule has 0 radical (unpaired) electrons. The van der Waals surface area contributed by atoms with Crippen molar-refractivity contribution in [3.63, 3.8) is 0 Å². The van der Waals surface area contributed by atoms with Crippen molar-refractivity contribution in [3.05, 3.63) is 60.2 Å². The van der Waals surface area contributed by atoms with Crippen molar-refractivity contribution in [2.45, 2.75) is 18.6 Å². The van der Waals surface area contributed by atoms with E-state index in [0.717, 1.165) is 5.56 Å². The highest BCUT2D eigenvalue weighted by molar-refractivity contribution is 5.93. The molecule has 3 rings (SSSR count). The van der Waals surface area contributed by atoms with Crippen LogP contribution in [-0.2, 0) is 11.3 Å². The van der Waals surface area contributed by atoms with Gasteiger partial charge in [-0.3, -0.25) is 9.59 Å². The molecule has 0 spiro atoms. The quantitative estimate of drug-likeness (QED) is 0.919. The van der Waals surface area contributed by atoms with E-state index in [1.807, 2.05) is 30.3 Å². The number of halogens is 1. The number of alkyl halides is 1. The number of aromatic nitrogens is 2. The summed E-state index contributed by atoms with van der Waals surface area (Å²) in [5.41, 5.74) is -1.20. The number of benzene rings is 1. The van der Waals surface area contributed by atoms with Crippen LogP contribution in [0.3, 0.4) is 0 Å². The molecule has 0 aliphatic carbocycles. The average molecular weight is 328 g/mol. The van der Waals surface area contributed by atoms with Crippen LogP contribution < -0.4 is 5.32 Å². The Balaban J connectivity index is 1.60. The Morgan fingerprint density at radius 2 is 1.88 bits per heavy atom. The molecule has 1 atom stereocenters. The third-order valence-corrected chi connectivity index (χ3v) is 3.97. The highest BCUT2D eigenvalue weighted by Crippen LogP contribution is 2.26. The maximum Gasteiger partial charge on any atom is 0.291 e. The third-order valence-electron chi connectivity index (χ3n) is 3.97. The SMILES string of the molecule is O=C(c1ncccn1)N1CCC(F)(C(=O)NCc2ccccc2)C1. The predicted octanol–water partition coefficient (Wildman–Crippen LogP) is 1.35. The lowest BCUT2D eigenvalue weighted by Crippen LogP contribution is -2.46. The van der Waals surface area contributed by atoms with E-state index in [1.54, 1.807) is 6.07 Å². The van der Waals surface area contributed by atoms with Gasteiger partial charge >= 0.3 is 0 Å². The second-order valence-corrected chi connectivity index (χ2v) is 5.68. The number of nitrogens with zero attached hydrogens (tertiary/aromatic N) is 3. The van der Waals surface area contributed by atoms with Gasteiger partial charge in [-0.2, -0.15) is 0 Å². The number of likely N-dealkylation sites (tertiary alicyclic amines) is 1. The number of carbonyl (C=O) groups excluding carboxylic acids is 2. The summed E-state index contributed by atoms with van der Waals surface area (Å²) in [6.45, 7) is 0.123. The second-order valence-electron chi connectivity index (χ2n) is 5.68. The lowest BCUT2D eigenvalue weighted by molar-refractivity contribution is -0.132. The highest BCUT2D eigenvalue weighted by Gasteiger charge is 2.46. The molecule has 1 fully saturated rings. The number of rotatable bonds is 4. The zero-order chi connectivity index (χ0) is 17.0. The molecule has 2 amide bonds. The van der Waals surface area contributed by atoms with E-state index in [0.29, 0.717) is 0 Å². The van der Waals surface area contributed by atoms with E-state index in [-0.39, 0.29) is 31.9 Å². The van der Waals surface area contributed by atoms with Crippen molar-refractivity contribution >= 4 is 11.8 Å². The molecular weight excluding hydrogens is 311 g/mol. The van der Waals surface area contributed by atoms with Gasteiger partial charge in [-0.25, -0.2) is 14.4 Å². The minimum atomic E-state index is -2.08. The van der Waals surface area contributed by atoms with Gasteiger partial charge in [0, 0.05) is 31.9 Å². The van der Waals surface area contributed by atoms with Crippen LogP contribution >= 0.6 is 0 Å². The van der Waals surface area contributed by atoms with E-state index in [9.17, 15) is 14.0 Å². The Morgan fingerprint density at radius 3 is 2.58 bits per heavy atom. The molecule has 2 heterocycles. The molecule has 0 saturated carbocycles. The van der Waals surface area contributed by atoms with Crippen molar-refractivity contribution in [3.8, 4) is 0 Å². The Hall–Kier alpha value is -2.83. The van der Waals surface area contributed by atoms with E-state index in [4.69, 9.17) is 0 Å². The number of amides is 2. The standard InChI is InChI=1S/C17H17FN4O2/c18-17(16(24)21-11-13-5-2-1-3-6-13)7-10-22(12-17)15(23)14-19-8-4-9-20-14/h1-6,8-9H,7,10-12H2,(H,21,24). The van der Waals surface area contributed by atoms with E-state index >= 15 is 0 Å². The first-order valence-corrected chi connectivity index (χ1v) is 7.66. The number of nitrogens with one attached hydrogen (secondary N) is 1. The lowest BCUT2D eigenvalue weighted by Gasteiger charge is -2.20. The van der Waals surface area contributed by atoms with Gasteiger partial charge in [0.2, 0.25) is 11.5 Å². The molecule has 7 heteroatoms. The van der Waals surface area contributed by atoms with Crippen molar-refractivity contribution in [1.29, 1.82) is 0 Å². The van der Waals surface area contributed by atoms with E-state index in [1.165, 1.54) is 17.3 Å². The van der Waals surface area contributed by atoms with Crippen molar-refractivity contribution < 1.29 is 14.0 Å². The molecule has 1 N–H and O–H groups in total. The fourth-order valence-electron chi connectivity index (χ4n) is 2.62. The summed E-state index contributed by atoms with van der Waals surface area (Å²) in [5.74, 6) is -1.16. The summed E-state index contributed by atoms with van der Waals surface area (Å²) in [7, 11) is 0. The summed E-state index contributed by atoms with van der Waals surface area (Å²) in [4.78, 5) is 33.4. The summed E-state index contributed by atoms with van der Waals surface area (Å²) in [6.07, 6.45) is 2.86. The van der Waals surface area contributed by atoms with Crippen LogP contribution in [0.15, 0.2) is 48.8 Å². The molecule has 6 nitrogen and oxygen atoms in total. The largest absolute Gasteiger partial charge is 0.349 e. The van der Waals surface area contributed by atoms with Gasteiger partial charge in [0.15, 0.2) is 0 Å². The zero-order valence-corrected chi connectivity index (χ0v) is 13.0. The Morgan fingerprint density at radius 1 is 1.17 bits per heavy atom. The minimum absolute atomic E-state index is 0.00597. The van der Waals surface area contributed by atoms with Crippen LogP contribution in [0, 0.1) is 0 Å². The molecular formula is C17H17FN4O2. The molecule has 124 valence electrons. The summed E-state index contributed by atoms with van der Waals surface area (Å²) < 4.78 is 14.9. The first-order valence-electron chi connectivity index (χ1n) is 7.66. The third kappa shape index (κ3) is 3.40. The lowest BCUT2D eigenvalue weighted by atomic mass is 10.0. The predicted molar refractivity (Wildman–Crippen MR) is 84.7 cm³/mol. The topological polar surface area (TPSA) is 75.2 Å². The van der Waals surface area contributed by atoms with Crippen LogP contribution in [-0.4, -0.2) is 45.4 Å². The first kappa shape index (κ1) is 16.0. The number of hydrogen-bond donors (Lipinski definition) is 1. The summed E-state index contributed by atoms with van der Waals surface area (Å²) in [5, 5.41) is 2.60. The van der Waals surface area contributed by atoms with Crippen LogP contribution in [0.5, 0.6) is 0 Å². The molecule has 1 aromatic carbocycles. The Kier molecular flexibility index (Phi) is 4.50. The minimum Gasteiger partial charge on any atom is -0.349 e. The molecule has 1 aliphatic rings. The van der Waals surface area contributed by atoms with Gasteiger partial charge in [-0.05, 0) is 11.6 Å². The molecule has 1 aromatic heterocycles. The van der Waals surface area contributed by atoms with Crippen LogP contribution in [0.25, 0.3) is 0 Å². The maximum atomic E-state index is 14.9. The highest BCUT2D eigenvalue weighted by atomic mass is 19.1. The second kappa shape index (κ2) is 6.74. The van der Waals surface area contributed by atoms with Crippen molar-refractivity contribution in [2.24, 2.45) is 0 Å². The van der Waals surface area contributed by atoms with Crippen molar-refractivity contribution in [2.75, 3.05) is 13.1 Å². The summed E-state index contributed by atoms with van der Waals surface area (Å²) >= 11 is 0. The van der Waals surface area contributed by atoms with Gasteiger partial charge in [-0.15, -0.1) is 0 Å². The normalized spacial score (nSPS) is 20.0. The maximum absolute atomic E-state index is 14.9. The summed E-state index contributed by atoms with van der Waals surface area (Å²) in [6, 6.07) is 10.9. The van der Waals surface area contributed by atoms with Crippen molar-refractivity contribution in [1.82, 2.24) is 20.2 Å². The molecule has 24 heavy (non-hydrogen) atoms. The zero-order valence-electron chi connectivity index (χ0n) is 13.0. The van der Waals surface area contributed by atoms with E-state index < -0.39 is 17.5 Å². The monoisotopic (exact) mass is 328 g/mol. The molecule has 0 bridgehead atoms. The Bertz CT molecular complexity index is 726. The van der Waals surface area contributed by atoms with Crippen LogP contribution in [0.1, 0.15) is 22.6 Å². The number of hydrogen-bond acceptors (Lipinski definition) is 4.